The molecule has 0 aliphatic carbocycles. The molecule has 2 aromatic heterocycles. The fraction of sp³-hybridized carbons (Fsp3) is 0.300. The number of halogens is 1. The monoisotopic (exact) mass is 289 g/mol. The molecule has 0 amide bonds. The molecule has 17 heavy (non-hydrogen) atoms. The molecule has 0 saturated carbocycles. The van der Waals surface area contributed by atoms with E-state index in [1.54, 1.807) is 11.3 Å². The Morgan fingerprint density at radius 3 is 2.65 bits per heavy atom. The van der Waals surface area contributed by atoms with Gasteiger partial charge < -0.3 is 5.11 Å². The summed E-state index contributed by atoms with van der Waals surface area (Å²) in [5, 5.41) is 13.0. The second-order valence-corrected chi connectivity index (χ2v) is 5.30. The van der Waals surface area contributed by atoms with Crippen molar-refractivity contribution in [3.63, 3.8) is 0 Å². The van der Waals surface area contributed by atoms with Crippen molar-refractivity contribution >= 4 is 35.5 Å². The first kappa shape index (κ1) is 14.2. The first-order valence-electron chi connectivity index (χ1n) is 4.72. The molecule has 0 aromatic carbocycles. The summed E-state index contributed by atoms with van der Waals surface area (Å²) >= 11 is 3.11. The largest absolute Gasteiger partial charge is 0.493 e. The van der Waals surface area contributed by atoms with Crippen LogP contribution in [0.2, 0.25) is 0 Å². The molecule has 0 unspecified atom stereocenters. The summed E-state index contributed by atoms with van der Waals surface area (Å²) in [6, 6.07) is 1.54. The minimum atomic E-state index is 0. The van der Waals surface area contributed by atoms with Gasteiger partial charge in [0.2, 0.25) is 5.88 Å². The van der Waals surface area contributed by atoms with Gasteiger partial charge in [0.25, 0.3) is 0 Å². The maximum atomic E-state index is 9.32. The van der Waals surface area contributed by atoms with E-state index >= 15 is 0 Å². The lowest BCUT2D eigenvalue weighted by Crippen LogP contribution is -1.90. The van der Waals surface area contributed by atoms with E-state index in [1.807, 2.05) is 19.2 Å². The average Bonchev–Trinajstić information content (AvgIpc) is 2.60. The van der Waals surface area contributed by atoms with Crippen molar-refractivity contribution < 1.29 is 5.11 Å². The summed E-state index contributed by atoms with van der Waals surface area (Å²) in [7, 11) is 0. The number of nitrogens with zero attached hydrogens (tertiary/aromatic N) is 3. The number of thiazole rings is 1. The molecule has 2 rings (SSSR count). The molecule has 7 heteroatoms. The van der Waals surface area contributed by atoms with Crippen molar-refractivity contribution in [3.8, 4) is 5.88 Å². The zero-order valence-corrected chi connectivity index (χ0v) is 11.8. The van der Waals surface area contributed by atoms with Crippen molar-refractivity contribution in [3.05, 3.63) is 27.8 Å². The molecule has 0 bridgehead atoms. The van der Waals surface area contributed by atoms with Gasteiger partial charge in [-0.3, -0.25) is 0 Å². The predicted molar refractivity (Wildman–Crippen MR) is 72.1 cm³/mol. The van der Waals surface area contributed by atoms with Gasteiger partial charge in [0.1, 0.15) is 0 Å². The Bertz CT molecular complexity index is 484. The summed E-state index contributed by atoms with van der Waals surface area (Å²) in [5.74, 6) is 0.747. The predicted octanol–water partition coefficient (Wildman–Crippen LogP) is 2.97. The van der Waals surface area contributed by atoms with Crippen molar-refractivity contribution in [1.29, 1.82) is 0 Å². The van der Waals surface area contributed by atoms with Crippen LogP contribution in [0.1, 0.15) is 16.4 Å². The first-order chi connectivity index (χ1) is 7.63. The maximum absolute atomic E-state index is 9.32. The molecule has 0 atom stereocenters. The number of aryl methyl sites for hydroxylation is 2. The van der Waals surface area contributed by atoms with E-state index in [4.69, 9.17) is 0 Å². The second kappa shape index (κ2) is 6.18. The summed E-state index contributed by atoms with van der Waals surface area (Å²) in [4.78, 5) is 12.5. The van der Waals surface area contributed by atoms with E-state index in [-0.39, 0.29) is 18.3 Å². The molecule has 92 valence electrons. The van der Waals surface area contributed by atoms with Gasteiger partial charge in [0, 0.05) is 22.9 Å². The van der Waals surface area contributed by atoms with Gasteiger partial charge in [-0.25, -0.2) is 9.97 Å². The van der Waals surface area contributed by atoms with Crippen molar-refractivity contribution in [2.45, 2.75) is 24.8 Å². The van der Waals surface area contributed by atoms with Gasteiger partial charge in [-0.2, -0.15) is 4.98 Å². The van der Waals surface area contributed by atoms with Crippen LogP contribution in [0.5, 0.6) is 5.88 Å². The Hall–Kier alpha value is -0.850. The molecule has 4 nitrogen and oxygen atoms in total. The van der Waals surface area contributed by atoms with Crippen LogP contribution < -0.4 is 0 Å². The second-order valence-electron chi connectivity index (χ2n) is 3.30. The van der Waals surface area contributed by atoms with Gasteiger partial charge in [-0.1, -0.05) is 11.8 Å². The topological polar surface area (TPSA) is 58.9 Å². The van der Waals surface area contributed by atoms with Crippen LogP contribution in [0.4, 0.5) is 0 Å². The van der Waals surface area contributed by atoms with Gasteiger partial charge >= 0.3 is 0 Å². The van der Waals surface area contributed by atoms with Crippen molar-refractivity contribution in [1.82, 2.24) is 15.0 Å². The Balaban J connectivity index is 0.00000144. The Morgan fingerprint density at radius 1 is 1.29 bits per heavy atom. The third-order valence-corrected chi connectivity index (χ3v) is 3.54. The minimum absolute atomic E-state index is 0. The van der Waals surface area contributed by atoms with E-state index in [0.717, 1.165) is 22.1 Å². The van der Waals surface area contributed by atoms with Gasteiger partial charge in [0.05, 0.1) is 10.7 Å². The van der Waals surface area contributed by atoms with Gasteiger partial charge in [0.15, 0.2) is 5.16 Å². The molecule has 0 fully saturated rings. The fourth-order valence-corrected chi connectivity index (χ4v) is 2.71. The highest BCUT2D eigenvalue weighted by atomic mass is 35.5. The third-order valence-electron chi connectivity index (χ3n) is 1.84. The molecule has 2 aromatic rings. The zero-order chi connectivity index (χ0) is 11.5. The smallest absolute Gasteiger partial charge is 0.215 e. The van der Waals surface area contributed by atoms with Crippen LogP contribution in [0.15, 0.2) is 16.6 Å². The van der Waals surface area contributed by atoms with E-state index in [1.165, 1.54) is 17.8 Å². The maximum Gasteiger partial charge on any atom is 0.215 e. The van der Waals surface area contributed by atoms with Gasteiger partial charge in [-0.15, -0.1) is 23.7 Å². The lowest BCUT2D eigenvalue weighted by Gasteiger charge is -2.00. The van der Waals surface area contributed by atoms with Crippen LogP contribution in [-0.2, 0) is 5.75 Å². The Kier molecular flexibility index (Phi) is 5.17. The average molecular weight is 290 g/mol. The molecule has 0 saturated heterocycles. The molecular formula is C10H12ClN3OS2. The number of rotatable bonds is 3. The van der Waals surface area contributed by atoms with Crippen LogP contribution in [0.3, 0.4) is 0 Å². The number of hydrogen-bond donors (Lipinski definition) is 1. The number of hydrogen-bond acceptors (Lipinski definition) is 6. The molecule has 2 heterocycles. The summed E-state index contributed by atoms with van der Waals surface area (Å²) in [6.07, 6.45) is 0. The summed E-state index contributed by atoms with van der Waals surface area (Å²) in [5.41, 5.74) is 1.79. The van der Waals surface area contributed by atoms with Crippen LogP contribution in [-0.4, -0.2) is 20.1 Å². The zero-order valence-electron chi connectivity index (χ0n) is 9.38. The molecule has 1 N–H and O–H groups in total. The molecular weight excluding hydrogens is 278 g/mol. The van der Waals surface area contributed by atoms with E-state index in [2.05, 4.69) is 15.0 Å². The molecule has 0 aliphatic rings. The van der Waals surface area contributed by atoms with Crippen LogP contribution in [0, 0.1) is 13.8 Å². The Labute approximate surface area is 114 Å². The summed E-state index contributed by atoms with van der Waals surface area (Å²) < 4.78 is 0. The van der Waals surface area contributed by atoms with Crippen LogP contribution in [0.25, 0.3) is 0 Å². The lowest BCUT2D eigenvalue weighted by molar-refractivity contribution is 0.444. The SMILES string of the molecule is Cc1cc(O)nc(SCc2csc(C)n2)n1.Cl. The quantitative estimate of drug-likeness (QED) is 0.695. The highest BCUT2D eigenvalue weighted by Gasteiger charge is 2.04. The third kappa shape index (κ3) is 4.14. The highest BCUT2D eigenvalue weighted by Crippen LogP contribution is 2.22. The van der Waals surface area contributed by atoms with Crippen molar-refractivity contribution in [2.24, 2.45) is 0 Å². The van der Waals surface area contributed by atoms with Gasteiger partial charge in [-0.05, 0) is 13.8 Å². The minimum Gasteiger partial charge on any atom is -0.493 e. The Morgan fingerprint density at radius 2 is 2.06 bits per heavy atom. The molecule has 0 spiro atoms. The van der Waals surface area contributed by atoms with E-state index in [0.29, 0.717) is 5.16 Å². The highest BCUT2D eigenvalue weighted by molar-refractivity contribution is 7.98. The number of aromatic hydroxyl groups is 1. The van der Waals surface area contributed by atoms with E-state index in [9.17, 15) is 5.11 Å². The fourth-order valence-electron chi connectivity index (χ4n) is 1.20. The lowest BCUT2D eigenvalue weighted by atomic mass is 10.4. The summed E-state index contributed by atoms with van der Waals surface area (Å²) in [6.45, 7) is 3.81. The number of aromatic nitrogens is 3. The van der Waals surface area contributed by atoms with E-state index < -0.39 is 0 Å². The standard InChI is InChI=1S/C10H11N3OS2.ClH/c1-6-3-9(14)13-10(11-6)16-5-8-4-15-7(2)12-8;/h3-4H,5H2,1-2H3,(H,11,13,14);1H. The van der Waals surface area contributed by atoms with Crippen LogP contribution >= 0.6 is 35.5 Å². The molecule has 0 aliphatic heterocycles. The number of thioether (sulfide) groups is 1. The first-order valence-corrected chi connectivity index (χ1v) is 6.58. The molecule has 0 radical (unpaired) electrons. The normalized spacial score (nSPS) is 10.0. The van der Waals surface area contributed by atoms with Crippen molar-refractivity contribution in [2.75, 3.05) is 0 Å².